The van der Waals surface area contributed by atoms with E-state index in [9.17, 15) is 0 Å². The van der Waals surface area contributed by atoms with Crippen LogP contribution in [0, 0.1) is 0 Å². The molecule has 4 heterocycles. The molecule has 0 radical (unpaired) electrons. The average Bonchev–Trinajstić information content (AvgIpc) is 4.30. The van der Waals surface area contributed by atoms with Gasteiger partial charge in [0.2, 0.25) is 0 Å². The lowest BCUT2D eigenvalue weighted by Crippen LogP contribution is -2.01. The van der Waals surface area contributed by atoms with Crippen LogP contribution in [0.2, 0.25) is 0 Å². The van der Waals surface area contributed by atoms with E-state index in [-0.39, 0.29) is 0 Å². The number of fused-ring (bicyclic) bond motifs is 12. The first kappa shape index (κ1) is 43.7. The third-order valence-electron chi connectivity index (χ3n) is 15.1. The number of rotatable bonds is 7. The predicted molar refractivity (Wildman–Crippen MR) is 316 cm³/mol. The Morgan fingerprint density at radius 1 is 0.218 bits per heavy atom. The van der Waals surface area contributed by atoms with Gasteiger partial charge < -0.3 is 8.83 Å². The predicted octanol–water partition coefficient (Wildman–Crippen LogP) is 18.1. The molecule has 12 aromatic carbocycles. The first-order chi connectivity index (χ1) is 38.6. The monoisotopic (exact) mass is 996 g/mol. The van der Waals surface area contributed by atoms with Crippen molar-refractivity contribution in [3.8, 4) is 79.5 Å². The summed E-state index contributed by atoms with van der Waals surface area (Å²) < 4.78 is 13.2. The van der Waals surface area contributed by atoms with Crippen LogP contribution in [0.3, 0.4) is 0 Å². The van der Waals surface area contributed by atoms with E-state index in [0.29, 0.717) is 34.9 Å². The van der Waals surface area contributed by atoms with Crippen LogP contribution in [0.1, 0.15) is 0 Å². The van der Waals surface area contributed by atoms with Crippen molar-refractivity contribution < 1.29 is 8.83 Å². The molecule has 0 saturated carbocycles. The van der Waals surface area contributed by atoms with E-state index < -0.39 is 0 Å². The van der Waals surface area contributed by atoms with Crippen molar-refractivity contribution >= 4 is 87.0 Å². The normalized spacial score (nSPS) is 11.8. The average molecular weight is 997 g/mol. The molecule has 0 fully saturated rings. The summed E-state index contributed by atoms with van der Waals surface area (Å²) in [6.45, 7) is 0. The molecule has 0 N–H and O–H groups in total. The van der Waals surface area contributed by atoms with Gasteiger partial charge in [-0.05, 0) is 79.7 Å². The zero-order valence-corrected chi connectivity index (χ0v) is 41.6. The van der Waals surface area contributed by atoms with Crippen LogP contribution < -0.4 is 0 Å². The molecule has 16 aromatic rings. The fourth-order valence-electron chi connectivity index (χ4n) is 11.4. The zero-order chi connectivity index (χ0) is 51.3. The van der Waals surface area contributed by atoms with Crippen molar-refractivity contribution in [1.29, 1.82) is 0 Å². The van der Waals surface area contributed by atoms with Crippen LogP contribution in [0.15, 0.2) is 251 Å². The molecule has 0 saturated heterocycles. The third kappa shape index (κ3) is 7.15. The van der Waals surface area contributed by atoms with Gasteiger partial charge in [-0.25, -0.2) is 29.9 Å². The van der Waals surface area contributed by atoms with Gasteiger partial charge in [0.15, 0.2) is 34.9 Å². The molecule has 16 rings (SSSR count). The number of nitrogens with zero attached hydrogens (tertiary/aromatic N) is 6. The topological polar surface area (TPSA) is 104 Å². The summed E-state index contributed by atoms with van der Waals surface area (Å²) in [6.07, 6.45) is 0. The van der Waals surface area contributed by atoms with Crippen molar-refractivity contribution in [3.05, 3.63) is 243 Å². The van der Waals surface area contributed by atoms with Crippen molar-refractivity contribution in [1.82, 2.24) is 29.9 Å². The number of hydrogen-bond donors (Lipinski definition) is 0. The summed E-state index contributed by atoms with van der Waals surface area (Å²) in [5, 5.41) is 12.8. The van der Waals surface area contributed by atoms with Crippen molar-refractivity contribution in [2.24, 2.45) is 0 Å². The van der Waals surface area contributed by atoms with Crippen LogP contribution in [-0.4, -0.2) is 29.9 Å². The van der Waals surface area contributed by atoms with Crippen LogP contribution in [-0.2, 0) is 0 Å². The Labute approximate surface area is 445 Å². The summed E-state index contributed by atoms with van der Waals surface area (Å²) >= 11 is 0. The van der Waals surface area contributed by atoms with Gasteiger partial charge in [-0.15, -0.1) is 0 Å². The molecule has 78 heavy (non-hydrogen) atoms. The maximum atomic E-state index is 6.94. The number of benzene rings is 12. The number of furan rings is 2. The van der Waals surface area contributed by atoms with Gasteiger partial charge in [0.1, 0.15) is 22.3 Å². The smallest absolute Gasteiger partial charge is 0.164 e. The van der Waals surface area contributed by atoms with Crippen LogP contribution in [0.25, 0.3) is 166 Å². The van der Waals surface area contributed by atoms with Crippen LogP contribution >= 0.6 is 0 Å². The van der Waals surface area contributed by atoms with Crippen LogP contribution in [0.5, 0.6) is 0 Å². The van der Waals surface area contributed by atoms with E-state index in [2.05, 4.69) is 182 Å². The molecule has 362 valence electrons. The third-order valence-corrected chi connectivity index (χ3v) is 15.1. The zero-order valence-electron chi connectivity index (χ0n) is 41.6. The summed E-state index contributed by atoms with van der Waals surface area (Å²) in [6, 6.07) is 83.6. The maximum Gasteiger partial charge on any atom is 0.164 e. The van der Waals surface area contributed by atoms with E-state index >= 15 is 0 Å². The van der Waals surface area contributed by atoms with E-state index in [1.165, 1.54) is 0 Å². The standard InChI is InChI=1S/C70H40N6O2/c1-2-16-44(17-3-1)65-71-66(73-67(72-65)50-34-36-52-47(39-50)35-37-60-62(52)54-22-8-10-26-58(54)77-60)45-31-29-43(30-32-45)57-40-48-20-13-25-56(61(48)63-55-23-9-11-27-59(55)78-64(57)63)70-75-68(49-33-28-41-14-4-5-18-46(41)38-49)74-69(76-70)53-24-12-19-42-15-6-7-21-51(42)53/h1-40H. The minimum absolute atomic E-state index is 0.571. The van der Waals surface area contributed by atoms with Gasteiger partial charge >= 0.3 is 0 Å². The highest BCUT2D eigenvalue weighted by molar-refractivity contribution is 6.26. The highest BCUT2D eigenvalue weighted by Gasteiger charge is 2.23. The van der Waals surface area contributed by atoms with Gasteiger partial charge in [0.25, 0.3) is 0 Å². The van der Waals surface area contributed by atoms with Crippen molar-refractivity contribution in [2.75, 3.05) is 0 Å². The van der Waals surface area contributed by atoms with E-state index in [4.69, 9.17) is 38.7 Å². The Hall–Kier alpha value is -10.7. The Bertz CT molecular complexity index is 5100. The molecule has 0 amide bonds. The van der Waals surface area contributed by atoms with Gasteiger partial charge in [0, 0.05) is 65.9 Å². The lowest BCUT2D eigenvalue weighted by atomic mass is 9.93. The summed E-state index contributed by atoms with van der Waals surface area (Å²) in [4.78, 5) is 31.3. The first-order valence-corrected chi connectivity index (χ1v) is 26.0. The minimum atomic E-state index is 0.571. The fourth-order valence-corrected chi connectivity index (χ4v) is 11.4. The second-order valence-corrected chi connectivity index (χ2v) is 19.7. The van der Waals surface area contributed by atoms with Gasteiger partial charge in [-0.1, -0.05) is 206 Å². The molecule has 0 unspecified atom stereocenters. The maximum absolute atomic E-state index is 6.94. The lowest BCUT2D eigenvalue weighted by molar-refractivity contribution is 0.669. The van der Waals surface area contributed by atoms with E-state index in [0.717, 1.165) is 131 Å². The molecule has 8 heteroatoms. The van der Waals surface area contributed by atoms with Crippen LogP contribution in [0.4, 0.5) is 0 Å². The second-order valence-electron chi connectivity index (χ2n) is 19.7. The molecule has 0 atom stereocenters. The molecule has 0 bridgehead atoms. The first-order valence-electron chi connectivity index (χ1n) is 26.0. The number of aromatic nitrogens is 6. The largest absolute Gasteiger partial charge is 0.456 e. The van der Waals surface area contributed by atoms with Gasteiger partial charge in [-0.3, -0.25) is 0 Å². The Morgan fingerprint density at radius 2 is 0.718 bits per heavy atom. The summed E-state index contributed by atoms with van der Waals surface area (Å²) in [7, 11) is 0. The summed E-state index contributed by atoms with van der Waals surface area (Å²) in [5.74, 6) is 3.52. The molecule has 0 aliphatic heterocycles. The van der Waals surface area contributed by atoms with E-state index in [1.807, 2.05) is 60.7 Å². The number of para-hydroxylation sites is 2. The molecule has 4 aromatic heterocycles. The summed E-state index contributed by atoms with van der Waals surface area (Å²) in [5.41, 5.74) is 10.6. The van der Waals surface area contributed by atoms with Gasteiger partial charge in [0.05, 0.1) is 0 Å². The van der Waals surface area contributed by atoms with E-state index in [1.54, 1.807) is 0 Å². The highest BCUT2D eigenvalue weighted by Crippen LogP contribution is 2.45. The molecular formula is C70H40N6O2. The minimum Gasteiger partial charge on any atom is -0.456 e. The SMILES string of the molecule is c1ccc(-c2nc(-c3ccc(-c4cc5cccc(-c6nc(-c7ccc8ccccc8c7)nc(-c7cccc8ccccc78)n6)c5c5c4oc4ccccc45)cc3)nc(-c3ccc4c(ccc5oc6ccccc6c54)c3)n2)cc1. The van der Waals surface area contributed by atoms with Gasteiger partial charge in [-0.2, -0.15) is 0 Å². The lowest BCUT2D eigenvalue weighted by Gasteiger charge is -2.14. The molecule has 0 spiro atoms. The highest BCUT2D eigenvalue weighted by atomic mass is 16.3. The van der Waals surface area contributed by atoms with Crippen molar-refractivity contribution in [2.45, 2.75) is 0 Å². The molecule has 8 nitrogen and oxygen atoms in total. The Morgan fingerprint density at radius 3 is 1.49 bits per heavy atom. The second kappa shape index (κ2) is 17.4. The quantitative estimate of drug-likeness (QED) is 0.156. The molecular weight excluding hydrogens is 957 g/mol. The molecule has 0 aliphatic rings. The molecule has 0 aliphatic carbocycles. The Kier molecular flexibility index (Phi) is 9.77. The fraction of sp³-hybridized carbons (Fsp3) is 0. The number of hydrogen-bond acceptors (Lipinski definition) is 8. The van der Waals surface area contributed by atoms with Crippen molar-refractivity contribution in [3.63, 3.8) is 0 Å². The Balaban J connectivity index is 0.842.